The summed E-state index contributed by atoms with van der Waals surface area (Å²) in [7, 11) is 0. The van der Waals surface area contributed by atoms with Crippen LogP contribution in [0.3, 0.4) is 0 Å². The molecule has 1 N–H and O–H groups in total. The van der Waals surface area contributed by atoms with E-state index < -0.39 is 0 Å². The normalized spacial score (nSPS) is 12.7. The Labute approximate surface area is 124 Å². The number of hydrogen-bond donors (Lipinski definition) is 1. The molecule has 0 heterocycles. The zero-order chi connectivity index (χ0) is 14.8. The Hall–Kier alpha value is -1.02. The molecule has 1 atom stereocenters. The summed E-state index contributed by atoms with van der Waals surface area (Å²) in [6.45, 7) is 9.69. The molecule has 1 rings (SSSR count). The van der Waals surface area contributed by atoms with Gasteiger partial charge in [-0.3, -0.25) is 0 Å². The first-order valence-corrected chi connectivity index (χ1v) is 8.13. The molecule has 0 aromatic heterocycles. The van der Waals surface area contributed by atoms with Crippen molar-refractivity contribution in [3.8, 4) is 5.75 Å². The van der Waals surface area contributed by atoms with Crippen LogP contribution in [-0.4, -0.2) is 12.6 Å². The second kappa shape index (κ2) is 9.82. The fourth-order valence-corrected chi connectivity index (χ4v) is 2.27. The van der Waals surface area contributed by atoms with E-state index >= 15 is 0 Å². The van der Waals surface area contributed by atoms with E-state index in [2.05, 4.69) is 57.3 Å². The lowest BCUT2D eigenvalue weighted by molar-refractivity contribution is 0.242. The van der Waals surface area contributed by atoms with Gasteiger partial charge in [0.15, 0.2) is 0 Å². The summed E-state index contributed by atoms with van der Waals surface area (Å²) in [4.78, 5) is 0. The van der Waals surface area contributed by atoms with Gasteiger partial charge in [-0.25, -0.2) is 0 Å². The van der Waals surface area contributed by atoms with E-state index in [1.54, 1.807) is 0 Å². The van der Waals surface area contributed by atoms with Crippen LogP contribution in [-0.2, 0) is 0 Å². The number of benzene rings is 1. The summed E-state index contributed by atoms with van der Waals surface area (Å²) in [5.74, 6) is 0.954. The molecule has 0 saturated heterocycles. The van der Waals surface area contributed by atoms with Crippen LogP contribution in [0.1, 0.15) is 71.4 Å². The van der Waals surface area contributed by atoms with Gasteiger partial charge in [-0.15, -0.1) is 0 Å². The fourth-order valence-electron chi connectivity index (χ4n) is 2.27. The standard InChI is InChI=1S/C18H31NO/c1-5-6-7-8-9-14-19-16(4)17-10-12-18(13-11-17)20-15(2)3/h10-13,15-16,19H,5-9,14H2,1-4H3. The van der Waals surface area contributed by atoms with Gasteiger partial charge < -0.3 is 10.1 Å². The minimum absolute atomic E-state index is 0.236. The van der Waals surface area contributed by atoms with Crippen LogP contribution in [0.15, 0.2) is 24.3 Å². The number of hydrogen-bond acceptors (Lipinski definition) is 2. The van der Waals surface area contributed by atoms with Crippen molar-refractivity contribution in [1.82, 2.24) is 5.32 Å². The van der Waals surface area contributed by atoms with E-state index in [1.807, 2.05) is 0 Å². The maximum absolute atomic E-state index is 5.66. The Balaban J connectivity index is 2.27. The van der Waals surface area contributed by atoms with Gasteiger partial charge >= 0.3 is 0 Å². The molecule has 0 radical (unpaired) electrons. The number of rotatable bonds is 10. The van der Waals surface area contributed by atoms with Gasteiger partial charge in [-0.1, -0.05) is 44.7 Å². The summed E-state index contributed by atoms with van der Waals surface area (Å²) >= 11 is 0. The largest absolute Gasteiger partial charge is 0.491 e. The van der Waals surface area contributed by atoms with E-state index in [9.17, 15) is 0 Å². The van der Waals surface area contributed by atoms with Crippen LogP contribution in [0.2, 0.25) is 0 Å². The van der Waals surface area contributed by atoms with Gasteiger partial charge in [0.2, 0.25) is 0 Å². The van der Waals surface area contributed by atoms with Crippen LogP contribution in [0.25, 0.3) is 0 Å². The predicted octanol–water partition coefficient (Wildman–Crippen LogP) is 5.09. The predicted molar refractivity (Wildman–Crippen MR) is 87.4 cm³/mol. The smallest absolute Gasteiger partial charge is 0.119 e. The van der Waals surface area contributed by atoms with Crippen LogP contribution < -0.4 is 10.1 Å². The van der Waals surface area contributed by atoms with Gasteiger partial charge in [0.1, 0.15) is 5.75 Å². The Morgan fingerprint density at radius 1 is 0.950 bits per heavy atom. The minimum Gasteiger partial charge on any atom is -0.491 e. The summed E-state index contributed by atoms with van der Waals surface area (Å²) in [6, 6.07) is 8.86. The van der Waals surface area contributed by atoms with Gasteiger partial charge in [0.05, 0.1) is 6.10 Å². The monoisotopic (exact) mass is 277 g/mol. The first kappa shape index (κ1) is 17.0. The molecule has 0 saturated carbocycles. The van der Waals surface area contributed by atoms with Gasteiger partial charge in [-0.2, -0.15) is 0 Å². The van der Waals surface area contributed by atoms with Crippen molar-refractivity contribution in [3.05, 3.63) is 29.8 Å². The quantitative estimate of drug-likeness (QED) is 0.601. The van der Waals surface area contributed by atoms with Crippen molar-refractivity contribution in [2.75, 3.05) is 6.54 Å². The third-order valence-corrected chi connectivity index (χ3v) is 3.48. The molecule has 0 spiro atoms. The minimum atomic E-state index is 0.236. The number of nitrogens with one attached hydrogen (secondary N) is 1. The molecule has 1 aromatic rings. The van der Waals surface area contributed by atoms with E-state index in [-0.39, 0.29) is 6.10 Å². The molecule has 114 valence electrons. The lowest BCUT2D eigenvalue weighted by Gasteiger charge is -2.15. The summed E-state index contributed by atoms with van der Waals surface area (Å²) in [6.07, 6.45) is 6.91. The zero-order valence-corrected chi connectivity index (χ0v) is 13.6. The van der Waals surface area contributed by atoms with Gasteiger partial charge in [0.25, 0.3) is 0 Å². The average Bonchev–Trinajstić information content (AvgIpc) is 2.42. The van der Waals surface area contributed by atoms with Crippen LogP contribution in [0, 0.1) is 0 Å². The van der Waals surface area contributed by atoms with Crippen molar-refractivity contribution in [1.29, 1.82) is 0 Å². The Morgan fingerprint density at radius 3 is 2.20 bits per heavy atom. The second-order valence-electron chi connectivity index (χ2n) is 5.83. The van der Waals surface area contributed by atoms with Crippen LogP contribution in [0.4, 0.5) is 0 Å². The summed E-state index contributed by atoms with van der Waals surface area (Å²) in [5, 5.41) is 3.60. The molecule has 20 heavy (non-hydrogen) atoms. The van der Waals surface area contributed by atoms with Crippen LogP contribution >= 0.6 is 0 Å². The molecule has 2 heteroatoms. The van der Waals surface area contributed by atoms with E-state index in [4.69, 9.17) is 4.74 Å². The molecular formula is C18H31NO. The lowest BCUT2D eigenvalue weighted by atomic mass is 10.1. The highest BCUT2D eigenvalue weighted by atomic mass is 16.5. The molecule has 0 amide bonds. The molecular weight excluding hydrogens is 246 g/mol. The topological polar surface area (TPSA) is 21.3 Å². The van der Waals surface area contributed by atoms with Crippen molar-refractivity contribution >= 4 is 0 Å². The van der Waals surface area contributed by atoms with E-state index in [1.165, 1.54) is 37.7 Å². The summed E-state index contributed by atoms with van der Waals surface area (Å²) < 4.78 is 5.66. The number of ether oxygens (including phenoxy) is 1. The maximum atomic E-state index is 5.66. The van der Waals surface area contributed by atoms with Crippen molar-refractivity contribution in [2.24, 2.45) is 0 Å². The highest BCUT2D eigenvalue weighted by molar-refractivity contribution is 5.29. The fraction of sp³-hybridized carbons (Fsp3) is 0.667. The average molecular weight is 277 g/mol. The molecule has 0 aliphatic carbocycles. The number of unbranched alkanes of at least 4 members (excludes halogenated alkanes) is 4. The van der Waals surface area contributed by atoms with E-state index in [0.29, 0.717) is 6.04 Å². The lowest BCUT2D eigenvalue weighted by Crippen LogP contribution is -2.19. The van der Waals surface area contributed by atoms with Crippen LogP contribution in [0.5, 0.6) is 5.75 Å². The molecule has 0 aliphatic heterocycles. The SMILES string of the molecule is CCCCCCCNC(C)c1ccc(OC(C)C)cc1. The molecule has 2 nitrogen and oxygen atoms in total. The highest BCUT2D eigenvalue weighted by Crippen LogP contribution is 2.18. The van der Waals surface area contributed by atoms with Gasteiger partial charge in [-0.05, 0) is 51.4 Å². The van der Waals surface area contributed by atoms with E-state index in [0.717, 1.165) is 12.3 Å². The molecule has 0 bridgehead atoms. The zero-order valence-electron chi connectivity index (χ0n) is 13.6. The maximum Gasteiger partial charge on any atom is 0.119 e. The Bertz CT molecular complexity index is 345. The Kier molecular flexibility index (Phi) is 8.36. The van der Waals surface area contributed by atoms with Gasteiger partial charge in [0, 0.05) is 6.04 Å². The van der Waals surface area contributed by atoms with Crippen molar-refractivity contribution in [2.45, 2.75) is 71.9 Å². The molecule has 1 unspecified atom stereocenters. The van der Waals surface area contributed by atoms with Crippen molar-refractivity contribution in [3.63, 3.8) is 0 Å². The Morgan fingerprint density at radius 2 is 1.60 bits per heavy atom. The third-order valence-electron chi connectivity index (χ3n) is 3.48. The van der Waals surface area contributed by atoms with Crippen molar-refractivity contribution < 1.29 is 4.74 Å². The first-order valence-electron chi connectivity index (χ1n) is 8.13. The summed E-state index contributed by atoms with van der Waals surface area (Å²) in [5.41, 5.74) is 1.33. The first-order chi connectivity index (χ1) is 9.63. The molecule has 0 fully saturated rings. The third kappa shape index (κ3) is 6.95. The molecule has 1 aromatic carbocycles. The highest BCUT2D eigenvalue weighted by Gasteiger charge is 2.05. The molecule has 0 aliphatic rings. The second-order valence-corrected chi connectivity index (χ2v) is 5.83.